The summed E-state index contributed by atoms with van der Waals surface area (Å²) in [5.41, 5.74) is 2.30. The molecule has 1 aromatic carbocycles. The second kappa shape index (κ2) is 5.79. The van der Waals surface area contributed by atoms with E-state index in [1.807, 2.05) is 6.92 Å². The summed E-state index contributed by atoms with van der Waals surface area (Å²) in [5.74, 6) is 0. The minimum Gasteiger partial charge on any atom is -0.383 e. The standard InChI is InChI=1S/C15H23N3O2/c1-11-9-12(18(19)20)5-6-13(11)17-10-14-15(2,3)7-4-8-16-14/h5-6,9,14,16-17H,4,7-8,10H2,1-3H3. The Hall–Kier alpha value is -1.62. The van der Waals surface area contributed by atoms with Gasteiger partial charge in [-0.1, -0.05) is 13.8 Å². The van der Waals surface area contributed by atoms with Crippen molar-refractivity contribution in [3.05, 3.63) is 33.9 Å². The number of nitrogens with one attached hydrogen (secondary N) is 2. The molecule has 1 saturated heterocycles. The summed E-state index contributed by atoms with van der Waals surface area (Å²) in [6.07, 6.45) is 2.45. The molecule has 0 spiro atoms. The highest BCUT2D eigenvalue weighted by Crippen LogP contribution is 2.30. The Bertz CT molecular complexity index is 500. The van der Waals surface area contributed by atoms with Gasteiger partial charge in [-0.15, -0.1) is 0 Å². The quantitative estimate of drug-likeness (QED) is 0.655. The van der Waals surface area contributed by atoms with Gasteiger partial charge in [0.1, 0.15) is 0 Å². The van der Waals surface area contributed by atoms with Crippen LogP contribution in [0.2, 0.25) is 0 Å². The van der Waals surface area contributed by atoms with Crippen LogP contribution in [0.1, 0.15) is 32.3 Å². The predicted molar refractivity (Wildman–Crippen MR) is 81.1 cm³/mol. The zero-order chi connectivity index (χ0) is 14.8. The van der Waals surface area contributed by atoms with E-state index in [4.69, 9.17) is 0 Å². The van der Waals surface area contributed by atoms with Gasteiger partial charge in [0.25, 0.3) is 5.69 Å². The Kier molecular flexibility index (Phi) is 4.28. The molecule has 0 amide bonds. The van der Waals surface area contributed by atoms with E-state index < -0.39 is 0 Å². The first-order valence-corrected chi connectivity index (χ1v) is 7.12. The van der Waals surface area contributed by atoms with Crippen LogP contribution in [0.25, 0.3) is 0 Å². The van der Waals surface area contributed by atoms with E-state index in [9.17, 15) is 10.1 Å². The van der Waals surface area contributed by atoms with Gasteiger partial charge in [-0.05, 0) is 43.4 Å². The molecule has 2 N–H and O–H groups in total. The molecule has 1 aliphatic rings. The molecule has 1 aliphatic heterocycles. The molecule has 0 aliphatic carbocycles. The first-order chi connectivity index (χ1) is 9.40. The minimum atomic E-state index is -0.359. The summed E-state index contributed by atoms with van der Waals surface area (Å²) >= 11 is 0. The highest BCUT2D eigenvalue weighted by Gasteiger charge is 2.31. The lowest BCUT2D eigenvalue weighted by Gasteiger charge is -2.39. The molecule has 1 aromatic rings. The highest BCUT2D eigenvalue weighted by molar-refractivity contribution is 5.55. The molecule has 0 aromatic heterocycles. The summed E-state index contributed by atoms with van der Waals surface area (Å²) in [6.45, 7) is 8.37. The topological polar surface area (TPSA) is 67.2 Å². The smallest absolute Gasteiger partial charge is 0.269 e. The molecule has 5 nitrogen and oxygen atoms in total. The third-order valence-corrected chi connectivity index (χ3v) is 4.25. The van der Waals surface area contributed by atoms with Crippen molar-refractivity contribution in [1.82, 2.24) is 5.32 Å². The fraction of sp³-hybridized carbons (Fsp3) is 0.600. The molecule has 1 atom stereocenters. The van der Waals surface area contributed by atoms with Gasteiger partial charge >= 0.3 is 0 Å². The van der Waals surface area contributed by atoms with E-state index >= 15 is 0 Å². The van der Waals surface area contributed by atoms with Crippen LogP contribution in [0.15, 0.2) is 18.2 Å². The van der Waals surface area contributed by atoms with Crippen LogP contribution in [0.3, 0.4) is 0 Å². The Balaban J connectivity index is 2.02. The predicted octanol–water partition coefficient (Wildman–Crippen LogP) is 3.09. The molecule has 0 saturated carbocycles. The summed E-state index contributed by atoms with van der Waals surface area (Å²) in [7, 11) is 0. The third-order valence-electron chi connectivity index (χ3n) is 4.25. The Morgan fingerprint density at radius 2 is 2.25 bits per heavy atom. The lowest BCUT2D eigenvalue weighted by molar-refractivity contribution is -0.384. The van der Waals surface area contributed by atoms with Crippen LogP contribution >= 0.6 is 0 Å². The molecular formula is C15H23N3O2. The van der Waals surface area contributed by atoms with Gasteiger partial charge in [-0.3, -0.25) is 10.1 Å². The van der Waals surface area contributed by atoms with E-state index in [0.29, 0.717) is 6.04 Å². The van der Waals surface area contributed by atoms with Crippen LogP contribution in [0, 0.1) is 22.5 Å². The van der Waals surface area contributed by atoms with Crippen LogP contribution in [0.5, 0.6) is 0 Å². The molecule has 0 radical (unpaired) electrons. The van der Waals surface area contributed by atoms with Gasteiger partial charge in [0.15, 0.2) is 0 Å². The summed E-state index contributed by atoms with van der Waals surface area (Å²) in [4.78, 5) is 10.4. The molecule has 2 rings (SSSR count). The number of nitro benzene ring substituents is 1. The number of benzene rings is 1. The van der Waals surface area contributed by atoms with Gasteiger partial charge in [-0.25, -0.2) is 0 Å². The SMILES string of the molecule is Cc1cc([N+](=O)[O-])ccc1NCC1NCCCC1(C)C. The van der Waals surface area contributed by atoms with E-state index in [1.54, 1.807) is 18.2 Å². The summed E-state index contributed by atoms with van der Waals surface area (Å²) in [6, 6.07) is 5.38. The number of piperidine rings is 1. The van der Waals surface area contributed by atoms with E-state index in [1.165, 1.54) is 12.8 Å². The second-order valence-corrected chi connectivity index (χ2v) is 6.24. The average molecular weight is 277 g/mol. The van der Waals surface area contributed by atoms with E-state index in [-0.39, 0.29) is 16.0 Å². The first kappa shape index (κ1) is 14.8. The number of non-ortho nitro benzene ring substituents is 1. The van der Waals surface area contributed by atoms with Gasteiger partial charge in [0.2, 0.25) is 0 Å². The number of hydrogen-bond donors (Lipinski definition) is 2. The van der Waals surface area contributed by atoms with Crippen LogP contribution in [0.4, 0.5) is 11.4 Å². The van der Waals surface area contributed by atoms with Crippen LogP contribution in [-0.2, 0) is 0 Å². The number of anilines is 1. The van der Waals surface area contributed by atoms with Gasteiger partial charge in [0, 0.05) is 30.4 Å². The largest absolute Gasteiger partial charge is 0.383 e. The molecule has 110 valence electrons. The van der Waals surface area contributed by atoms with E-state index in [0.717, 1.165) is 24.3 Å². The molecular weight excluding hydrogens is 254 g/mol. The molecule has 1 unspecified atom stereocenters. The highest BCUT2D eigenvalue weighted by atomic mass is 16.6. The number of aryl methyl sites for hydroxylation is 1. The molecule has 0 bridgehead atoms. The van der Waals surface area contributed by atoms with Crippen molar-refractivity contribution >= 4 is 11.4 Å². The lowest BCUT2D eigenvalue weighted by Crippen LogP contribution is -2.50. The monoisotopic (exact) mass is 277 g/mol. The summed E-state index contributed by atoms with van der Waals surface area (Å²) in [5, 5.41) is 17.7. The van der Waals surface area contributed by atoms with Crippen molar-refractivity contribution in [2.75, 3.05) is 18.4 Å². The Labute approximate surface area is 119 Å². The van der Waals surface area contributed by atoms with Crippen molar-refractivity contribution in [2.45, 2.75) is 39.7 Å². The Morgan fingerprint density at radius 3 is 2.85 bits per heavy atom. The third kappa shape index (κ3) is 3.28. The molecule has 5 heteroatoms. The van der Waals surface area contributed by atoms with Gasteiger partial charge in [0.05, 0.1) is 4.92 Å². The van der Waals surface area contributed by atoms with E-state index in [2.05, 4.69) is 24.5 Å². The zero-order valence-corrected chi connectivity index (χ0v) is 12.4. The van der Waals surface area contributed by atoms with Crippen molar-refractivity contribution < 1.29 is 4.92 Å². The first-order valence-electron chi connectivity index (χ1n) is 7.12. The number of nitrogens with zero attached hydrogens (tertiary/aromatic N) is 1. The van der Waals surface area contributed by atoms with Crippen LogP contribution < -0.4 is 10.6 Å². The van der Waals surface area contributed by atoms with Crippen molar-refractivity contribution in [2.24, 2.45) is 5.41 Å². The zero-order valence-electron chi connectivity index (χ0n) is 12.4. The van der Waals surface area contributed by atoms with Crippen LogP contribution in [-0.4, -0.2) is 24.1 Å². The van der Waals surface area contributed by atoms with Crippen molar-refractivity contribution in [3.8, 4) is 0 Å². The Morgan fingerprint density at radius 1 is 1.50 bits per heavy atom. The average Bonchev–Trinajstić information content (AvgIpc) is 2.38. The fourth-order valence-electron chi connectivity index (χ4n) is 2.79. The van der Waals surface area contributed by atoms with Crippen molar-refractivity contribution in [1.29, 1.82) is 0 Å². The number of nitro groups is 1. The van der Waals surface area contributed by atoms with Gasteiger partial charge < -0.3 is 10.6 Å². The molecule has 1 fully saturated rings. The fourth-order valence-corrected chi connectivity index (χ4v) is 2.79. The minimum absolute atomic E-state index is 0.143. The van der Waals surface area contributed by atoms with Crippen molar-refractivity contribution in [3.63, 3.8) is 0 Å². The number of rotatable bonds is 4. The maximum absolute atomic E-state index is 10.7. The molecule has 1 heterocycles. The second-order valence-electron chi connectivity index (χ2n) is 6.24. The lowest BCUT2D eigenvalue weighted by atomic mass is 9.77. The van der Waals surface area contributed by atoms with Gasteiger partial charge in [-0.2, -0.15) is 0 Å². The normalized spacial score (nSPS) is 21.4. The maximum Gasteiger partial charge on any atom is 0.269 e. The molecule has 20 heavy (non-hydrogen) atoms. The maximum atomic E-state index is 10.7. The summed E-state index contributed by atoms with van der Waals surface area (Å²) < 4.78 is 0. The number of hydrogen-bond acceptors (Lipinski definition) is 4.